The molecule has 1 N–H and O–H groups in total. The first-order valence-corrected chi connectivity index (χ1v) is 18.4. The standard InChI is InChI=1S/C51H33N3O/c55-46-29-28-45(40-24-21-34-20-23-38(30-42(34)32-40)33-12-4-1-5-13-33)48(47(46)36-15-6-2-7-16-36)51-53-49(37-17-8-3-9-18-37)52-50(54-51)41-26-27-44-39(31-41)25-22-35-14-10-11-19-43(35)44/h1-32,55H. The van der Waals surface area contributed by atoms with Crippen LogP contribution in [-0.2, 0) is 0 Å². The number of hydrogen-bond acceptors (Lipinski definition) is 4. The number of nitrogens with zero attached hydrogens (tertiary/aromatic N) is 3. The monoisotopic (exact) mass is 703 g/mol. The topological polar surface area (TPSA) is 58.9 Å². The predicted molar refractivity (Wildman–Crippen MR) is 227 cm³/mol. The fourth-order valence-electron chi connectivity index (χ4n) is 7.67. The third kappa shape index (κ3) is 5.96. The van der Waals surface area contributed by atoms with E-state index in [1.54, 1.807) is 6.07 Å². The van der Waals surface area contributed by atoms with E-state index in [-0.39, 0.29) is 5.75 Å². The summed E-state index contributed by atoms with van der Waals surface area (Å²) >= 11 is 0. The lowest BCUT2D eigenvalue weighted by Crippen LogP contribution is -2.02. The second kappa shape index (κ2) is 13.5. The average molecular weight is 704 g/mol. The van der Waals surface area contributed by atoms with Gasteiger partial charge in [-0.15, -0.1) is 0 Å². The van der Waals surface area contributed by atoms with Crippen LogP contribution in [0.4, 0.5) is 0 Å². The molecule has 1 aromatic heterocycles. The number of benzene rings is 9. The summed E-state index contributed by atoms with van der Waals surface area (Å²) in [4.78, 5) is 15.6. The van der Waals surface area contributed by atoms with E-state index in [2.05, 4.69) is 115 Å². The van der Waals surface area contributed by atoms with Crippen molar-refractivity contribution in [1.82, 2.24) is 15.0 Å². The van der Waals surface area contributed by atoms with Crippen molar-refractivity contribution in [2.75, 3.05) is 0 Å². The van der Waals surface area contributed by atoms with Crippen molar-refractivity contribution >= 4 is 32.3 Å². The van der Waals surface area contributed by atoms with Crippen molar-refractivity contribution in [2.45, 2.75) is 0 Å². The Hall–Kier alpha value is -7.43. The molecule has 0 unspecified atom stereocenters. The lowest BCUT2D eigenvalue weighted by atomic mass is 9.89. The number of aromatic nitrogens is 3. The van der Waals surface area contributed by atoms with Crippen LogP contribution in [0.5, 0.6) is 5.75 Å². The molecule has 0 aliphatic heterocycles. The Bertz CT molecular complexity index is 3030. The molecular formula is C51H33N3O. The Kier molecular flexibility index (Phi) is 7.93. The van der Waals surface area contributed by atoms with Crippen LogP contribution in [-0.4, -0.2) is 20.1 Å². The molecule has 258 valence electrons. The van der Waals surface area contributed by atoms with E-state index in [0.29, 0.717) is 23.0 Å². The smallest absolute Gasteiger partial charge is 0.165 e. The molecule has 0 spiro atoms. The van der Waals surface area contributed by atoms with Crippen molar-refractivity contribution in [3.05, 3.63) is 194 Å². The van der Waals surface area contributed by atoms with E-state index in [4.69, 9.17) is 15.0 Å². The molecule has 4 heteroatoms. The first-order valence-electron chi connectivity index (χ1n) is 18.4. The third-order valence-corrected chi connectivity index (χ3v) is 10.4. The Morgan fingerprint density at radius 1 is 0.291 bits per heavy atom. The van der Waals surface area contributed by atoms with E-state index in [0.717, 1.165) is 55.1 Å². The Labute approximate surface area is 318 Å². The molecule has 0 saturated heterocycles. The normalized spacial score (nSPS) is 11.3. The van der Waals surface area contributed by atoms with Crippen LogP contribution < -0.4 is 0 Å². The number of hydrogen-bond donors (Lipinski definition) is 1. The van der Waals surface area contributed by atoms with Crippen molar-refractivity contribution < 1.29 is 5.11 Å². The molecule has 4 nitrogen and oxygen atoms in total. The highest BCUT2D eigenvalue weighted by molar-refractivity contribution is 6.08. The number of aromatic hydroxyl groups is 1. The molecule has 10 aromatic rings. The first kappa shape index (κ1) is 32.2. The van der Waals surface area contributed by atoms with Gasteiger partial charge in [0.1, 0.15) is 5.75 Å². The predicted octanol–water partition coefficient (Wildman–Crippen LogP) is 13.0. The van der Waals surface area contributed by atoms with E-state index in [1.807, 2.05) is 72.8 Å². The van der Waals surface area contributed by atoms with Crippen LogP contribution in [0.3, 0.4) is 0 Å². The highest BCUT2D eigenvalue weighted by Crippen LogP contribution is 2.45. The molecule has 10 rings (SSSR count). The largest absolute Gasteiger partial charge is 0.507 e. The van der Waals surface area contributed by atoms with Gasteiger partial charge in [-0.1, -0.05) is 164 Å². The lowest BCUT2D eigenvalue weighted by molar-refractivity contribution is 0.477. The maximum absolute atomic E-state index is 11.7. The van der Waals surface area contributed by atoms with Gasteiger partial charge in [-0.3, -0.25) is 0 Å². The zero-order valence-electron chi connectivity index (χ0n) is 29.8. The summed E-state index contributed by atoms with van der Waals surface area (Å²) in [6.07, 6.45) is 0. The summed E-state index contributed by atoms with van der Waals surface area (Å²) in [6, 6.07) is 66.5. The summed E-state index contributed by atoms with van der Waals surface area (Å²) in [5, 5.41) is 18.7. The van der Waals surface area contributed by atoms with Crippen molar-refractivity contribution in [3.63, 3.8) is 0 Å². The minimum atomic E-state index is 0.151. The zero-order valence-corrected chi connectivity index (χ0v) is 29.8. The SMILES string of the molecule is Oc1ccc(-c2ccc3ccc(-c4ccccc4)cc3c2)c(-c2nc(-c3ccccc3)nc(-c3ccc4c(ccc5ccccc54)c3)n2)c1-c1ccccc1. The van der Waals surface area contributed by atoms with Crippen LogP contribution in [0.15, 0.2) is 194 Å². The van der Waals surface area contributed by atoms with Gasteiger partial charge in [-0.05, 0) is 90.5 Å². The summed E-state index contributed by atoms with van der Waals surface area (Å²) in [5.74, 6) is 1.74. The Balaban J connectivity index is 1.22. The van der Waals surface area contributed by atoms with E-state index < -0.39 is 0 Å². The first-order chi connectivity index (χ1) is 27.2. The van der Waals surface area contributed by atoms with Crippen LogP contribution >= 0.6 is 0 Å². The average Bonchev–Trinajstić information content (AvgIpc) is 3.26. The fourth-order valence-corrected chi connectivity index (χ4v) is 7.67. The van der Waals surface area contributed by atoms with E-state index in [9.17, 15) is 5.11 Å². The highest BCUT2D eigenvalue weighted by atomic mass is 16.3. The van der Waals surface area contributed by atoms with Crippen molar-refractivity contribution in [3.8, 4) is 73.3 Å². The van der Waals surface area contributed by atoms with Crippen LogP contribution in [0, 0.1) is 0 Å². The molecule has 0 bridgehead atoms. The number of rotatable bonds is 6. The van der Waals surface area contributed by atoms with E-state index >= 15 is 0 Å². The van der Waals surface area contributed by atoms with Gasteiger partial charge in [0.2, 0.25) is 0 Å². The van der Waals surface area contributed by atoms with Gasteiger partial charge in [-0.25, -0.2) is 15.0 Å². The summed E-state index contributed by atoms with van der Waals surface area (Å²) in [7, 11) is 0. The molecule has 0 aliphatic rings. The molecule has 0 aliphatic carbocycles. The quantitative estimate of drug-likeness (QED) is 0.175. The minimum absolute atomic E-state index is 0.151. The van der Waals surface area contributed by atoms with Crippen LogP contribution in [0.25, 0.3) is 99.9 Å². The van der Waals surface area contributed by atoms with Crippen molar-refractivity contribution in [2.24, 2.45) is 0 Å². The Morgan fingerprint density at radius 3 is 1.58 bits per heavy atom. The van der Waals surface area contributed by atoms with Gasteiger partial charge >= 0.3 is 0 Å². The van der Waals surface area contributed by atoms with Gasteiger partial charge in [0.05, 0.1) is 0 Å². The van der Waals surface area contributed by atoms with E-state index in [1.165, 1.54) is 21.7 Å². The maximum atomic E-state index is 11.7. The molecule has 0 fully saturated rings. The zero-order chi connectivity index (χ0) is 36.7. The number of fused-ring (bicyclic) bond motifs is 4. The summed E-state index contributed by atoms with van der Waals surface area (Å²) in [6.45, 7) is 0. The number of phenolic OH excluding ortho intramolecular Hbond substituents is 1. The molecule has 0 radical (unpaired) electrons. The molecule has 9 aromatic carbocycles. The molecule has 0 saturated carbocycles. The molecular weight excluding hydrogens is 671 g/mol. The fraction of sp³-hybridized carbons (Fsp3) is 0. The van der Waals surface area contributed by atoms with Gasteiger partial charge in [0.25, 0.3) is 0 Å². The molecule has 0 amide bonds. The van der Waals surface area contributed by atoms with Gasteiger partial charge in [-0.2, -0.15) is 0 Å². The number of phenols is 1. The van der Waals surface area contributed by atoms with Gasteiger partial charge in [0, 0.05) is 22.3 Å². The molecule has 0 atom stereocenters. The summed E-state index contributed by atoms with van der Waals surface area (Å²) < 4.78 is 0. The second-order valence-corrected chi connectivity index (χ2v) is 13.8. The molecule has 55 heavy (non-hydrogen) atoms. The van der Waals surface area contributed by atoms with Crippen molar-refractivity contribution in [1.29, 1.82) is 0 Å². The van der Waals surface area contributed by atoms with Crippen LogP contribution in [0.1, 0.15) is 0 Å². The third-order valence-electron chi connectivity index (χ3n) is 10.4. The Morgan fingerprint density at radius 2 is 0.818 bits per heavy atom. The van der Waals surface area contributed by atoms with Crippen LogP contribution in [0.2, 0.25) is 0 Å². The van der Waals surface area contributed by atoms with Gasteiger partial charge in [0.15, 0.2) is 17.5 Å². The lowest BCUT2D eigenvalue weighted by Gasteiger charge is -2.18. The summed E-state index contributed by atoms with van der Waals surface area (Å²) in [5.41, 5.74) is 8.24. The maximum Gasteiger partial charge on any atom is 0.165 e. The second-order valence-electron chi connectivity index (χ2n) is 13.8. The molecule has 1 heterocycles. The minimum Gasteiger partial charge on any atom is -0.507 e. The van der Waals surface area contributed by atoms with Gasteiger partial charge < -0.3 is 5.11 Å². The highest BCUT2D eigenvalue weighted by Gasteiger charge is 2.23.